The molecule has 1 aromatic rings. The summed E-state index contributed by atoms with van der Waals surface area (Å²) in [6.45, 7) is 6.30. The van der Waals surface area contributed by atoms with Gasteiger partial charge in [0.25, 0.3) is 0 Å². The van der Waals surface area contributed by atoms with Crippen molar-refractivity contribution in [1.82, 2.24) is 4.90 Å². The minimum absolute atomic E-state index is 0.163. The van der Waals surface area contributed by atoms with Gasteiger partial charge in [0.15, 0.2) is 0 Å². The minimum Gasteiger partial charge on any atom is -0.395 e. The van der Waals surface area contributed by atoms with Crippen molar-refractivity contribution in [2.45, 2.75) is 33.0 Å². The van der Waals surface area contributed by atoms with Crippen LogP contribution in [0.3, 0.4) is 0 Å². The van der Waals surface area contributed by atoms with Gasteiger partial charge in [-0.15, -0.1) is 0 Å². The van der Waals surface area contributed by atoms with Crippen LogP contribution < -0.4 is 5.73 Å². The molecule has 0 heterocycles. The molecular weight excluding hydrogens is 236 g/mol. The Labute approximate surface area is 108 Å². The third kappa shape index (κ3) is 4.28. The van der Waals surface area contributed by atoms with Crippen molar-refractivity contribution < 1.29 is 5.11 Å². The van der Waals surface area contributed by atoms with E-state index in [4.69, 9.17) is 22.4 Å². The zero-order chi connectivity index (χ0) is 12.8. The molecule has 0 aromatic heterocycles. The second kappa shape index (κ2) is 6.97. The molecular formula is C13H21ClN2O. The van der Waals surface area contributed by atoms with Gasteiger partial charge in [-0.2, -0.15) is 0 Å². The molecule has 3 N–H and O–H groups in total. The van der Waals surface area contributed by atoms with Crippen LogP contribution in [0.15, 0.2) is 18.2 Å². The largest absolute Gasteiger partial charge is 0.395 e. The first-order chi connectivity index (χ1) is 8.08. The monoisotopic (exact) mass is 256 g/mol. The number of nitrogens with zero attached hydrogens (tertiary/aromatic N) is 1. The summed E-state index contributed by atoms with van der Waals surface area (Å²) in [7, 11) is 0. The summed E-state index contributed by atoms with van der Waals surface area (Å²) in [4.78, 5) is 2.18. The maximum absolute atomic E-state index is 9.02. The van der Waals surface area contributed by atoms with Crippen molar-refractivity contribution in [3.8, 4) is 0 Å². The maximum Gasteiger partial charge on any atom is 0.0558 e. The topological polar surface area (TPSA) is 49.5 Å². The molecule has 17 heavy (non-hydrogen) atoms. The summed E-state index contributed by atoms with van der Waals surface area (Å²) in [5.74, 6) is 0. The van der Waals surface area contributed by atoms with Crippen LogP contribution in [0.5, 0.6) is 0 Å². The fraction of sp³-hybridized carbons (Fsp3) is 0.538. The lowest BCUT2D eigenvalue weighted by Crippen LogP contribution is -2.33. The Morgan fingerprint density at radius 3 is 2.59 bits per heavy atom. The predicted molar refractivity (Wildman–Crippen MR) is 72.0 cm³/mol. The Morgan fingerprint density at radius 2 is 2.12 bits per heavy atom. The second-order valence-electron chi connectivity index (χ2n) is 4.42. The summed E-state index contributed by atoms with van der Waals surface area (Å²) < 4.78 is 0. The van der Waals surface area contributed by atoms with Gasteiger partial charge >= 0.3 is 0 Å². The van der Waals surface area contributed by atoms with Gasteiger partial charge in [0.1, 0.15) is 0 Å². The standard InChI is InChI=1S/C13H21ClN2O/c1-10(2)16(5-6-17)9-12-4-3-11(8-15)7-13(12)14/h3-4,7,10,17H,5-6,8-9,15H2,1-2H3. The number of benzene rings is 1. The molecule has 0 atom stereocenters. The Morgan fingerprint density at radius 1 is 1.41 bits per heavy atom. The summed E-state index contributed by atoms with van der Waals surface area (Å²) in [5.41, 5.74) is 7.68. The normalized spacial score (nSPS) is 11.5. The number of rotatable bonds is 6. The van der Waals surface area contributed by atoms with E-state index in [0.29, 0.717) is 19.1 Å². The lowest BCUT2D eigenvalue weighted by Gasteiger charge is -2.26. The number of nitrogens with two attached hydrogens (primary N) is 1. The highest BCUT2D eigenvalue weighted by Crippen LogP contribution is 2.20. The fourth-order valence-corrected chi connectivity index (χ4v) is 1.98. The number of hydrogen-bond acceptors (Lipinski definition) is 3. The van der Waals surface area contributed by atoms with E-state index in [0.717, 1.165) is 22.7 Å². The molecule has 0 amide bonds. The molecule has 0 saturated carbocycles. The first-order valence-electron chi connectivity index (χ1n) is 5.90. The molecule has 1 aromatic carbocycles. The van der Waals surface area contributed by atoms with Crippen molar-refractivity contribution in [2.75, 3.05) is 13.2 Å². The first-order valence-corrected chi connectivity index (χ1v) is 6.28. The molecule has 0 aliphatic heterocycles. The average Bonchev–Trinajstić information content (AvgIpc) is 2.30. The number of aliphatic hydroxyl groups is 1. The van der Waals surface area contributed by atoms with Crippen LogP contribution in [0.1, 0.15) is 25.0 Å². The van der Waals surface area contributed by atoms with Crippen molar-refractivity contribution in [2.24, 2.45) is 5.73 Å². The van der Waals surface area contributed by atoms with E-state index < -0.39 is 0 Å². The van der Waals surface area contributed by atoms with Gasteiger partial charge in [0.05, 0.1) is 6.61 Å². The van der Waals surface area contributed by atoms with Gasteiger partial charge in [0.2, 0.25) is 0 Å². The molecule has 0 unspecified atom stereocenters. The van der Waals surface area contributed by atoms with Crippen molar-refractivity contribution in [1.29, 1.82) is 0 Å². The lowest BCUT2D eigenvalue weighted by atomic mass is 10.1. The fourth-order valence-electron chi connectivity index (χ4n) is 1.71. The maximum atomic E-state index is 9.02. The molecule has 3 nitrogen and oxygen atoms in total. The summed E-state index contributed by atoms with van der Waals surface area (Å²) >= 11 is 6.21. The van der Waals surface area contributed by atoms with Crippen molar-refractivity contribution in [3.63, 3.8) is 0 Å². The van der Waals surface area contributed by atoms with E-state index in [1.807, 2.05) is 18.2 Å². The predicted octanol–water partition coefficient (Wildman–Crippen LogP) is 2.00. The highest BCUT2D eigenvalue weighted by atomic mass is 35.5. The Balaban J connectivity index is 2.78. The summed E-state index contributed by atoms with van der Waals surface area (Å²) in [6, 6.07) is 6.30. The zero-order valence-electron chi connectivity index (χ0n) is 10.5. The van der Waals surface area contributed by atoms with Crippen LogP contribution in [0.4, 0.5) is 0 Å². The third-order valence-electron chi connectivity index (χ3n) is 2.84. The van der Waals surface area contributed by atoms with Crippen LogP contribution in [-0.2, 0) is 13.1 Å². The smallest absolute Gasteiger partial charge is 0.0558 e. The molecule has 0 spiro atoms. The van der Waals surface area contributed by atoms with E-state index in [-0.39, 0.29) is 6.61 Å². The highest BCUT2D eigenvalue weighted by molar-refractivity contribution is 6.31. The molecule has 0 saturated heterocycles. The average molecular weight is 257 g/mol. The number of halogens is 1. The highest BCUT2D eigenvalue weighted by Gasteiger charge is 2.11. The van der Waals surface area contributed by atoms with Gasteiger partial charge in [-0.3, -0.25) is 4.90 Å². The van der Waals surface area contributed by atoms with E-state index in [2.05, 4.69) is 18.7 Å². The van der Waals surface area contributed by atoms with Gasteiger partial charge in [0, 0.05) is 30.7 Å². The van der Waals surface area contributed by atoms with E-state index in [9.17, 15) is 0 Å². The van der Waals surface area contributed by atoms with Crippen molar-refractivity contribution >= 4 is 11.6 Å². The lowest BCUT2D eigenvalue weighted by molar-refractivity contribution is 0.159. The minimum atomic E-state index is 0.163. The van der Waals surface area contributed by atoms with Gasteiger partial charge in [-0.1, -0.05) is 23.7 Å². The van der Waals surface area contributed by atoms with Gasteiger partial charge in [-0.25, -0.2) is 0 Å². The third-order valence-corrected chi connectivity index (χ3v) is 3.20. The van der Waals surface area contributed by atoms with E-state index >= 15 is 0 Å². The Hall–Kier alpha value is -0.610. The molecule has 0 bridgehead atoms. The van der Waals surface area contributed by atoms with E-state index in [1.165, 1.54) is 0 Å². The summed E-state index contributed by atoms with van der Waals surface area (Å²) in [5, 5.41) is 9.77. The summed E-state index contributed by atoms with van der Waals surface area (Å²) in [6.07, 6.45) is 0. The molecule has 4 heteroatoms. The van der Waals surface area contributed by atoms with Crippen LogP contribution >= 0.6 is 11.6 Å². The Bertz CT molecular complexity index is 355. The van der Waals surface area contributed by atoms with Crippen LogP contribution in [0.2, 0.25) is 5.02 Å². The molecule has 0 fully saturated rings. The molecule has 96 valence electrons. The SMILES string of the molecule is CC(C)N(CCO)Cc1ccc(CN)cc1Cl. The van der Waals surface area contributed by atoms with E-state index in [1.54, 1.807) is 0 Å². The van der Waals surface area contributed by atoms with Crippen LogP contribution in [-0.4, -0.2) is 29.2 Å². The number of aliphatic hydroxyl groups excluding tert-OH is 1. The molecule has 0 radical (unpaired) electrons. The number of hydrogen-bond donors (Lipinski definition) is 2. The molecule has 0 aliphatic carbocycles. The Kier molecular flexibility index (Phi) is 5.92. The van der Waals surface area contributed by atoms with Crippen molar-refractivity contribution in [3.05, 3.63) is 34.3 Å². The van der Waals surface area contributed by atoms with Gasteiger partial charge < -0.3 is 10.8 Å². The molecule has 0 aliphatic rings. The van der Waals surface area contributed by atoms with Crippen LogP contribution in [0, 0.1) is 0 Å². The second-order valence-corrected chi connectivity index (χ2v) is 4.82. The zero-order valence-corrected chi connectivity index (χ0v) is 11.2. The van der Waals surface area contributed by atoms with Crippen LogP contribution in [0.25, 0.3) is 0 Å². The first kappa shape index (κ1) is 14.5. The quantitative estimate of drug-likeness (QED) is 0.819. The van der Waals surface area contributed by atoms with Gasteiger partial charge in [-0.05, 0) is 31.0 Å². The molecule has 1 rings (SSSR count).